The summed E-state index contributed by atoms with van der Waals surface area (Å²) in [6, 6.07) is 7.65. The van der Waals surface area contributed by atoms with Crippen LogP contribution in [0.25, 0.3) is 0 Å². The van der Waals surface area contributed by atoms with E-state index in [-0.39, 0.29) is 0 Å². The lowest BCUT2D eigenvalue weighted by Gasteiger charge is -1.97. The fraction of sp³-hybridized carbons (Fsp3) is 0.167. The van der Waals surface area contributed by atoms with E-state index in [0.29, 0.717) is 0 Å². The minimum absolute atomic E-state index is 0.827. The van der Waals surface area contributed by atoms with Gasteiger partial charge in [-0.15, -0.1) is 0 Å². The molecule has 0 aromatic heterocycles. The van der Waals surface area contributed by atoms with Crippen molar-refractivity contribution in [2.24, 2.45) is 0 Å². The van der Waals surface area contributed by atoms with Gasteiger partial charge in [0.2, 0.25) is 0 Å². The van der Waals surface area contributed by atoms with Crippen LogP contribution in [0, 0.1) is 11.8 Å². The monoisotopic (exact) mass is 172 g/mol. The summed E-state index contributed by atoms with van der Waals surface area (Å²) in [6.45, 7) is 5.59. The van der Waals surface area contributed by atoms with Gasteiger partial charge in [-0.2, -0.15) is 0 Å². The van der Waals surface area contributed by atoms with Crippen LogP contribution in [-0.2, 0) is 0 Å². The third-order valence-electron chi connectivity index (χ3n) is 1.49. The zero-order chi connectivity index (χ0) is 9.68. The van der Waals surface area contributed by atoms with Gasteiger partial charge in [0.05, 0.1) is 7.11 Å². The summed E-state index contributed by atoms with van der Waals surface area (Å²) in [5, 5.41) is 0. The van der Waals surface area contributed by atoms with Gasteiger partial charge in [0.15, 0.2) is 0 Å². The van der Waals surface area contributed by atoms with E-state index < -0.39 is 0 Å². The van der Waals surface area contributed by atoms with Gasteiger partial charge in [-0.05, 0) is 30.7 Å². The first-order chi connectivity index (χ1) is 6.22. The van der Waals surface area contributed by atoms with E-state index in [1.165, 1.54) is 0 Å². The molecule has 0 aliphatic rings. The molecule has 0 aliphatic carbocycles. The molecule has 66 valence electrons. The van der Waals surface area contributed by atoms with E-state index in [2.05, 4.69) is 18.4 Å². The van der Waals surface area contributed by atoms with Crippen LogP contribution in [-0.4, -0.2) is 7.11 Å². The van der Waals surface area contributed by atoms with Crippen molar-refractivity contribution in [1.82, 2.24) is 0 Å². The molecule has 1 rings (SSSR count). The molecule has 1 heteroatoms. The van der Waals surface area contributed by atoms with E-state index in [1.54, 1.807) is 7.11 Å². The highest BCUT2D eigenvalue weighted by molar-refractivity contribution is 5.42. The molecular weight excluding hydrogens is 160 g/mol. The normalized spacial score (nSPS) is 8.46. The maximum atomic E-state index is 5.07. The average molecular weight is 172 g/mol. The minimum Gasteiger partial charge on any atom is -0.497 e. The Hall–Kier alpha value is -1.68. The van der Waals surface area contributed by atoms with Gasteiger partial charge < -0.3 is 4.74 Å². The van der Waals surface area contributed by atoms with E-state index >= 15 is 0 Å². The summed E-state index contributed by atoms with van der Waals surface area (Å²) >= 11 is 0. The highest BCUT2D eigenvalue weighted by Crippen LogP contribution is 2.11. The number of rotatable bonds is 1. The van der Waals surface area contributed by atoms with E-state index in [9.17, 15) is 0 Å². The van der Waals surface area contributed by atoms with Crippen LogP contribution in [0.4, 0.5) is 0 Å². The molecule has 0 atom stereocenters. The van der Waals surface area contributed by atoms with Gasteiger partial charge in [0, 0.05) is 5.56 Å². The lowest BCUT2D eigenvalue weighted by atomic mass is 10.2. The summed E-state index contributed by atoms with van der Waals surface area (Å²) in [5.41, 5.74) is 1.81. The van der Waals surface area contributed by atoms with Crippen molar-refractivity contribution in [2.45, 2.75) is 6.92 Å². The highest BCUT2D eigenvalue weighted by Gasteiger charge is 1.90. The molecule has 0 amide bonds. The minimum atomic E-state index is 0.827. The smallest absolute Gasteiger partial charge is 0.120 e. The summed E-state index contributed by atoms with van der Waals surface area (Å²) in [6.07, 6.45) is 0. The number of benzene rings is 1. The van der Waals surface area contributed by atoms with E-state index in [0.717, 1.165) is 16.9 Å². The Labute approximate surface area is 79.0 Å². The number of methoxy groups -OCH3 is 1. The lowest BCUT2D eigenvalue weighted by Crippen LogP contribution is -1.82. The first-order valence-corrected chi connectivity index (χ1v) is 4.04. The second kappa shape index (κ2) is 4.37. The van der Waals surface area contributed by atoms with Crippen LogP contribution in [0.3, 0.4) is 0 Å². The Morgan fingerprint density at radius 1 is 1.46 bits per heavy atom. The molecule has 0 saturated heterocycles. The van der Waals surface area contributed by atoms with Gasteiger partial charge in [0.25, 0.3) is 0 Å². The first-order valence-electron chi connectivity index (χ1n) is 4.04. The van der Waals surface area contributed by atoms with Crippen molar-refractivity contribution in [1.29, 1.82) is 0 Å². The molecule has 13 heavy (non-hydrogen) atoms. The third kappa shape index (κ3) is 3.04. The summed E-state index contributed by atoms with van der Waals surface area (Å²) < 4.78 is 5.07. The van der Waals surface area contributed by atoms with Gasteiger partial charge in [-0.1, -0.05) is 24.5 Å². The van der Waals surface area contributed by atoms with Crippen LogP contribution in [0.15, 0.2) is 36.4 Å². The van der Waals surface area contributed by atoms with Crippen LogP contribution >= 0.6 is 0 Å². The average Bonchev–Trinajstić information content (AvgIpc) is 2.15. The van der Waals surface area contributed by atoms with Crippen LogP contribution in [0.5, 0.6) is 5.75 Å². The van der Waals surface area contributed by atoms with Gasteiger partial charge in [-0.25, -0.2) is 0 Å². The topological polar surface area (TPSA) is 9.23 Å². The largest absolute Gasteiger partial charge is 0.497 e. The summed E-state index contributed by atoms with van der Waals surface area (Å²) in [4.78, 5) is 0. The SMILES string of the molecule is C=C(C)C#Cc1cccc(OC)c1. The molecule has 0 spiro atoms. The highest BCUT2D eigenvalue weighted by atomic mass is 16.5. The van der Waals surface area contributed by atoms with Crippen LogP contribution in [0.2, 0.25) is 0 Å². The van der Waals surface area contributed by atoms with Gasteiger partial charge in [-0.3, -0.25) is 0 Å². The molecule has 1 nitrogen and oxygen atoms in total. The number of hydrogen-bond donors (Lipinski definition) is 0. The number of allylic oxidation sites excluding steroid dienone is 1. The predicted molar refractivity (Wildman–Crippen MR) is 54.7 cm³/mol. The first kappa shape index (κ1) is 9.41. The fourth-order valence-electron chi connectivity index (χ4n) is 0.880. The number of ether oxygens (including phenoxy) is 1. The van der Waals surface area contributed by atoms with E-state index in [1.807, 2.05) is 31.2 Å². The Kier molecular flexibility index (Phi) is 3.16. The second-order valence-electron chi connectivity index (χ2n) is 2.76. The molecule has 0 heterocycles. The molecular formula is C12H12O. The molecule has 0 bridgehead atoms. The van der Waals surface area contributed by atoms with Crippen molar-refractivity contribution in [3.05, 3.63) is 42.0 Å². The Bertz CT molecular complexity index is 366. The second-order valence-corrected chi connectivity index (χ2v) is 2.76. The molecule has 1 aromatic rings. The standard InChI is InChI=1S/C12H12O/c1-10(2)7-8-11-5-4-6-12(9-11)13-3/h4-6,9H,1H2,2-3H3. The van der Waals surface area contributed by atoms with Crippen molar-refractivity contribution in [3.63, 3.8) is 0 Å². The molecule has 0 saturated carbocycles. The Morgan fingerprint density at radius 3 is 2.85 bits per heavy atom. The number of hydrogen-bond acceptors (Lipinski definition) is 1. The lowest BCUT2D eigenvalue weighted by molar-refractivity contribution is 0.414. The molecule has 0 unspecified atom stereocenters. The Morgan fingerprint density at radius 2 is 2.23 bits per heavy atom. The fourth-order valence-corrected chi connectivity index (χ4v) is 0.880. The zero-order valence-electron chi connectivity index (χ0n) is 7.92. The maximum Gasteiger partial charge on any atom is 0.120 e. The Balaban J connectivity index is 2.91. The van der Waals surface area contributed by atoms with Gasteiger partial charge >= 0.3 is 0 Å². The summed E-state index contributed by atoms with van der Waals surface area (Å²) in [5.74, 6) is 6.73. The van der Waals surface area contributed by atoms with E-state index in [4.69, 9.17) is 4.74 Å². The van der Waals surface area contributed by atoms with Crippen LogP contribution < -0.4 is 4.74 Å². The quantitative estimate of drug-likeness (QED) is 0.592. The molecule has 1 aromatic carbocycles. The van der Waals surface area contributed by atoms with Crippen molar-refractivity contribution in [2.75, 3.05) is 7.11 Å². The van der Waals surface area contributed by atoms with Crippen molar-refractivity contribution < 1.29 is 4.74 Å². The molecule has 0 N–H and O–H groups in total. The van der Waals surface area contributed by atoms with Crippen molar-refractivity contribution in [3.8, 4) is 17.6 Å². The van der Waals surface area contributed by atoms with Gasteiger partial charge in [0.1, 0.15) is 5.75 Å². The summed E-state index contributed by atoms with van der Waals surface area (Å²) in [7, 11) is 1.64. The van der Waals surface area contributed by atoms with Crippen molar-refractivity contribution >= 4 is 0 Å². The molecule has 0 fully saturated rings. The predicted octanol–water partition coefficient (Wildman–Crippen LogP) is 2.62. The third-order valence-corrected chi connectivity index (χ3v) is 1.49. The van der Waals surface area contributed by atoms with Crippen LogP contribution in [0.1, 0.15) is 12.5 Å². The molecule has 0 aliphatic heterocycles. The maximum absolute atomic E-state index is 5.07. The zero-order valence-corrected chi connectivity index (χ0v) is 7.92. The molecule has 0 radical (unpaired) electrons.